The molecule has 0 fully saturated rings. The van der Waals surface area contributed by atoms with Crippen LogP contribution in [0.3, 0.4) is 0 Å². The summed E-state index contributed by atoms with van der Waals surface area (Å²) in [5.41, 5.74) is 4.53. The van der Waals surface area contributed by atoms with Crippen molar-refractivity contribution in [2.45, 2.75) is 40.3 Å². The van der Waals surface area contributed by atoms with E-state index in [2.05, 4.69) is 42.5 Å². The van der Waals surface area contributed by atoms with Gasteiger partial charge in [-0.15, -0.1) is 12.4 Å². The maximum Gasteiger partial charge on any atom is 0.0825 e. The molecule has 106 valence electrons. The number of nitrogens with one attached hydrogen (secondary N) is 1. The van der Waals surface area contributed by atoms with Crippen LogP contribution in [0.4, 0.5) is 5.69 Å². The quantitative estimate of drug-likeness (QED) is 0.939. The van der Waals surface area contributed by atoms with E-state index < -0.39 is 0 Å². The highest BCUT2D eigenvalue weighted by atomic mass is 35.5. The van der Waals surface area contributed by atoms with Gasteiger partial charge >= 0.3 is 0 Å². The van der Waals surface area contributed by atoms with Crippen LogP contribution >= 0.6 is 12.4 Å². The molecule has 2 aromatic heterocycles. The summed E-state index contributed by atoms with van der Waals surface area (Å²) in [5, 5.41) is 12.2. The average Bonchev–Trinajstić information content (AvgIpc) is 2.82. The zero-order valence-electron chi connectivity index (χ0n) is 12.1. The number of hydrogen-bond donors (Lipinski definition) is 1. The predicted octanol–water partition coefficient (Wildman–Crippen LogP) is 2.85. The summed E-state index contributed by atoms with van der Waals surface area (Å²) in [6.07, 6.45) is 3.95. The fourth-order valence-electron chi connectivity index (χ4n) is 1.93. The topological polar surface area (TPSA) is 47.7 Å². The molecular formula is C13H22ClN5. The van der Waals surface area contributed by atoms with Gasteiger partial charge in [0.15, 0.2) is 0 Å². The summed E-state index contributed by atoms with van der Waals surface area (Å²) in [4.78, 5) is 0. The van der Waals surface area contributed by atoms with Gasteiger partial charge in [0.1, 0.15) is 0 Å². The molecule has 0 saturated heterocycles. The van der Waals surface area contributed by atoms with E-state index in [0.717, 1.165) is 17.9 Å². The molecule has 0 unspecified atom stereocenters. The van der Waals surface area contributed by atoms with E-state index in [-0.39, 0.29) is 12.4 Å². The van der Waals surface area contributed by atoms with Crippen LogP contribution in [-0.2, 0) is 13.6 Å². The van der Waals surface area contributed by atoms with Crippen molar-refractivity contribution in [2.75, 3.05) is 5.32 Å². The third-order valence-electron chi connectivity index (χ3n) is 3.16. The first-order valence-corrected chi connectivity index (χ1v) is 6.26. The van der Waals surface area contributed by atoms with E-state index in [1.165, 1.54) is 11.3 Å². The molecule has 0 aliphatic heterocycles. The Bertz CT molecular complexity index is 522. The third-order valence-corrected chi connectivity index (χ3v) is 3.16. The molecule has 1 N–H and O–H groups in total. The van der Waals surface area contributed by atoms with Crippen LogP contribution in [0, 0.1) is 13.8 Å². The SMILES string of the molecule is Cc1cnn(C)c1CNc1cn(C(C)C)nc1C.Cl. The van der Waals surface area contributed by atoms with Crippen molar-refractivity contribution in [2.24, 2.45) is 7.05 Å². The Hall–Kier alpha value is -1.49. The van der Waals surface area contributed by atoms with E-state index in [0.29, 0.717) is 6.04 Å². The van der Waals surface area contributed by atoms with Crippen LogP contribution in [0.25, 0.3) is 0 Å². The Labute approximate surface area is 120 Å². The van der Waals surface area contributed by atoms with Gasteiger partial charge < -0.3 is 5.32 Å². The van der Waals surface area contributed by atoms with E-state index >= 15 is 0 Å². The zero-order chi connectivity index (χ0) is 13.3. The fraction of sp³-hybridized carbons (Fsp3) is 0.538. The first-order chi connectivity index (χ1) is 8.49. The van der Waals surface area contributed by atoms with Gasteiger partial charge in [-0.1, -0.05) is 0 Å². The van der Waals surface area contributed by atoms with Gasteiger partial charge in [-0.25, -0.2) is 0 Å². The normalized spacial score (nSPS) is 10.6. The Kier molecular flexibility index (Phi) is 5.00. The summed E-state index contributed by atoms with van der Waals surface area (Å²) < 4.78 is 3.89. The fourth-order valence-corrected chi connectivity index (χ4v) is 1.93. The molecule has 19 heavy (non-hydrogen) atoms. The molecule has 0 amide bonds. The first-order valence-electron chi connectivity index (χ1n) is 6.26. The molecule has 0 aliphatic carbocycles. The number of aryl methyl sites for hydroxylation is 3. The minimum atomic E-state index is 0. The molecule has 0 spiro atoms. The monoisotopic (exact) mass is 283 g/mol. The Balaban J connectivity index is 0.00000180. The van der Waals surface area contributed by atoms with Gasteiger partial charge in [0.2, 0.25) is 0 Å². The molecule has 0 aromatic carbocycles. The molecule has 5 nitrogen and oxygen atoms in total. The largest absolute Gasteiger partial charge is 0.377 e. The second kappa shape index (κ2) is 6.10. The molecule has 2 rings (SSSR count). The molecular weight excluding hydrogens is 262 g/mol. The average molecular weight is 284 g/mol. The van der Waals surface area contributed by atoms with E-state index in [9.17, 15) is 0 Å². The number of nitrogens with zero attached hydrogens (tertiary/aromatic N) is 4. The summed E-state index contributed by atoms with van der Waals surface area (Å²) in [6, 6.07) is 0.387. The van der Waals surface area contributed by atoms with Crippen LogP contribution in [0.15, 0.2) is 12.4 Å². The van der Waals surface area contributed by atoms with Crippen molar-refractivity contribution >= 4 is 18.1 Å². The molecule has 0 aliphatic rings. The van der Waals surface area contributed by atoms with Gasteiger partial charge in [0, 0.05) is 19.3 Å². The molecule has 0 bridgehead atoms. The standard InChI is InChI=1S/C13H21N5.ClH/c1-9(2)18-8-12(11(4)16-18)14-7-13-10(3)6-15-17(13)5;/h6,8-9,14H,7H2,1-5H3;1H. The van der Waals surface area contributed by atoms with Gasteiger partial charge in [-0.3, -0.25) is 9.36 Å². The maximum absolute atomic E-state index is 4.49. The smallest absolute Gasteiger partial charge is 0.0825 e. The highest BCUT2D eigenvalue weighted by Crippen LogP contribution is 2.17. The van der Waals surface area contributed by atoms with Crippen LogP contribution in [0.5, 0.6) is 0 Å². The maximum atomic E-state index is 4.49. The van der Waals surface area contributed by atoms with Crippen LogP contribution in [-0.4, -0.2) is 19.6 Å². The second-order valence-electron chi connectivity index (χ2n) is 4.95. The van der Waals surface area contributed by atoms with Gasteiger partial charge in [-0.2, -0.15) is 10.2 Å². The molecule has 0 radical (unpaired) electrons. The highest BCUT2D eigenvalue weighted by Gasteiger charge is 2.09. The Morgan fingerprint density at radius 3 is 2.47 bits per heavy atom. The van der Waals surface area contributed by atoms with E-state index in [1.54, 1.807) is 0 Å². The zero-order valence-corrected chi connectivity index (χ0v) is 13.0. The van der Waals surface area contributed by atoms with Gasteiger partial charge in [0.25, 0.3) is 0 Å². The lowest BCUT2D eigenvalue weighted by atomic mass is 10.2. The molecule has 0 saturated carbocycles. The van der Waals surface area contributed by atoms with Crippen molar-refractivity contribution in [1.29, 1.82) is 0 Å². The van der Waals surface area contributed by atoms with Crippen LogP contribution in [0.1, 0.15) is 36.8 Å². The van der Waals surface area contributed by atoms with Crippen molar-refractivity contribution in [3.05, 3.63) is 29.3 Å². The summed E-state index contributed by atoms with van der Waals surface area (Å²) in [7, 11) is 1.97. The molecule has 6 heteroatoms. The van der Waals surface area contributed by atoms with Crippen molar-refractivity contribution in [3.63, 3.8) is 0 Å². The van der Waals surface area contributed by atoms with Crippen molar-refractivity contribution in [3.8, 4) is 0 Å². The molecule has 2 aromatic rings. The number of aromatic nitrogens is 4. The predicted molar refractivity (Wildman–Crippen MR) is 79.9 cm³/mol. The second-order valence-corrected chi connectivity index (χ2v) is 4.95. The van der Waals surface area contributed by atoms with Crippen molar-refractivity contribution in [1.82, 2.24) is 19.6 Å². The summed E-state index contributed by atoms with van der Waals surface area (Å²) >= 11 is 0. The minimum absolute atomic E-state index is 0. The van der Waals surface area contributed by atoms with E-state index in [1.807, 2.05) is 29.5 Å². The number of rotatable bonds is 4. The van der Waals surface area contributed by atoms with Gasteiger partial charge in [-0.05, 0) is 33.3 Å². The number of halogens is 1. The van der Waals surface area contributed by atoms with Crippen molar-refractivity contribution < 1.29 is 0 Å². The third kappa shape index (κ3) is 3.29. The van der Waals surface area contributed by atoms with Crippen LogP contribution in [0.2, 0.25) is 0 Å². The highest BCUT2D eigenvalue weighted by molar-refractivity contribution is 5.85. The lowest BCUT2D eigenvalue weighted by Gasteiger charge is -2.07. The molecule has 0 atom stereocenters. The Morgan fingerprint density at radius 1 is 1.32 bits per heavy atom. The number of anilines is 1. The van der Waals surface area contributed by atoms with Crippen LogP contribution < -0.4 is 5.32 Å². The lowest BCUT2D eigenvalue weighted by molar-refractivity contribution is 0.529. The van der Waals surface area contributed by atoms with Gasteiger partial charge in [0.05, 0.1) is 29.8 Å². The summed E-state index contributed by atoms with van der Waals surface area (Å²) in [5.74, 6) is 0. The Morgan fingerprint density at radius 2 is 2.00 bits per heavy atom. The number of hydrogen-bond acceptors (Lipinski definition) is 3. The minimum Gasteiger partial charge on any atom is -0.377 e. The summed E-state index contributed by atoms with van der Waals surface area (Å²) in [6.45, 7) is 9.13. The van der Waals surface area contributed by atoms with E-state index in [4.69, 9.17) is 0 Å². The first kappa shape index (κ1) is 15.6. The molecule has 2 heterocycles. The lowest BCUT2D eigenvalue weighted by Crippen LogP contribution is -2.07.